The van der Waals surface area contributed by atoms with Gasteiger partial charge >= 0.3 is 5.97 Å². The molecule has 6 rings (SSSR count). The predicted molar refractivity (Wildman–Crippen MR) is 185 cm³/mol. The van der Waals surface area contributed by atoms with Crippen LogP contribution in [0.3, 0.4) is 0 Å². The average molecular weight is 698 g/mol. The van der Waals surface area contributed by atoms with E-state index in [2.05, 4.69) is 15.9 Å². The molecule has 0 saturated carbocycles. The van der Waals surface area contributed by atoms with Gasteiger partial charge in [-0.1, -0.05) is 101 Å². The number of carbonyl (C=O) groups is 1. The van der Waals surface area contributed by atoms with Gasteiger partial charge in [-0.2, -0.15) is 0 Å². The number of carbonyl (C=O) groups excluding carboxylic acids is 1. The van der Waals surface area contributed by atoms with Crippen LogP contribution in [0.4, 0.5) is 0 Å². The first kappa shape index (κ1) is 31.5. The van der Waals surface area contributed by atoms with Gasteiger partial charge < -0.3 is 14.2 Å². The monoisotopic (exact) mass is 696 g/mol. The van der Waals surface area contributed by atoms with Crippen molar-refractivity contribution in [3.05, 3.63) is 137 Å². The molecule has 0 amide bonds. The summed E-state index contributed by atoms with van der Waals surface area (Å²) in [5, 5.41) is 1.85. The van der Waals surface area contributed by atoms with E-state index in [0.29, 0.717) is 45.1 Å². The van der Waals surface area contributed by atoms with Gasteiger partial charge in [0.25, 0.3) is 5.56 Å². The number of thiazole rings is 1. The van der Waals surface area contributed by atoms with E-state index in [1.807, 2.05) is 97.9 Å². The van der Waals surface area contributed by atoms with Crippen LogP contribution < -0.4 is 24.4 Å². The second-order valence-corrected chi connectivity index (χ2v) is 12.7. The van der Waals surface area contributed by atoms with Crippen molar-refractivity contribution in [2.45, 2.75) is 39.3 Å². The summed E-state index contributed by atoms with van der Waals surface area (Å²) in [6.45, 7) is 4.39. The van der Waals surface area contributed by atoms with Crippen LogP contribution in [0, 0.1) is 0 Å². The van der Waals surface area contributed by atoms with E-state index in [-0.39, 0.29) is 12.2 Å². The van der Waals surface area contributed by atoms with Gasteiger partial charge in [0.15, 0.2) is 4.80 Å². The number of methoxy groups -OCH3 is 1. The molecule has 5 aromatic rings. The van der Waals surface area contributed by atoms with Crippen molar-refractivity contribution in [2.75, 3.05) is 13.7 Å². The molecule has 46 heavy (non-hydrogen) atoms. The minimum absolute atomic E-state index is 0.197. The van der Waals surface area contributed by atoms with Crippen LogP contribution >= 0.6 is 27.3 Å². The molecule has 0 bridgehead atoms. The lowest BCUT2D eigenvalue weighted by Crippen LogP contribution is -2.40. The third kappa shape index (κ3) is 6.17. The molecule has 0 aliphatic carbocycles. The molecule has 0 unspecified atom stereocenters. The Labute approximate surface area is 279 Å². The lowest BCUT2D eigenvalue weighted by Gasteiger charge is -2.28. The molecular weight excluding hydrogens is 664 g/mol. The van der Waals surface area contributed by atoms with Gasteiger partial charge in [0, 0.05) is 15.6 Å². The molecule has 0 spiro atoms. The van der Waals surface area contributed by atoms with E-state index < -0.39 is 12.0 Å². The smallest absolute Gasteiger partial charge is 0.338 e. The van der Waals surface area contributed by atoms with E-state index in [1.54, 1.807) is 18.6 Å². The fourth-order valence-electron chi connectivity index (χ4n) is 5.74. The van der Waals surface area contributed by atoms with Crippen LogP contribution in [0.5, 0.6) is 11.5 Å². The predicted octanol–water partition coefficient (Wildman–Crippen LogP) is 7.08. The molecule has 0 N–H and O–H groups in total. The normalized spacial score (nSPS) is 14.6. The lowest BCUT2D eigenvalue weighted by atomic mass is 9.90. The lowest BCUT2D eigenvalue weighted by molar-refractivity contribution is -0.139. The molecule has 2 heterocycles. The van der Waals surface area contributed by atoms with E-state index >= 15 is 0 Å². The Hall–Kier alpha value is -4.47. The standard InChI is InChI=1S/C37H33BrN2O5S/c1-4-10-28-33(36(42)44-5-2)34(32-27-13-8-6-11-24(27)17-20-30(32)43-3)40-35(41)31(46-37(40)39-28)21-25-12-7-9-14-29(25)45-22-23-15-18-26(38)19-16-23/h6-9,11-21,34H,4-5,10,22H2,1-3H3/b31-21-/t34-/m1/s1. The molecule has 1 aliphatic heterocycles. The van der Waals surface area contributed by atoms with Gasteiger partial charge in [0.2, 0.25) is 0 Å². The van der Waals surface area contributed by atoms with Crippen LogP contribution in [0.15, 0.2) is 110 Å². The molecule has 1 atom stereocenters. The number of aromatic nitrogens is 1. The molecule has 9 heteroatoms. The van der Waals surface area contributed by atoms with E-state index in [9.17, 15) is 9.59 Å². The van der Waals surface area contributed by atoms with Gasteiger partial charge in [0.05, 0.1) is 29.5 Å². The molecular formula is C37H33BrN2O5S. The number of para-hydroxylation sites is 1. The van der Waals surface area contributed by atoms with Crippen LogP contribution in [0.2, 0.25) is 0 Å². The molecule has 0 saturated heterocycles. The molecule has 234 valence electrons. The van der Waals surface area contributed by atoms with Crippen molar-refractivity contribution >= 4 is 50.1 Å². The number of hydrogen-bond donors (Lipinski definition) is 0. The summed E-state index contributed by atoms with van der Waals surface area (Å²) in [4.78, 5) is 33.7. The number of esters is 1. The molecule has 7 nitrogen and oxygen atoms in total. The number of hydrogen-bond acceptors (Lipinski definition) is 7. The Morgan fingerprint density at radius 3 is 2.50 bits per heavy atom. The summed E-state index contributed by atoms with van der Waals surface area (Å²) in [7, 11) is 1.60. The summed E-state index contributed by atoms with van der Waals surface area (Å²) >= 11 is 4.77. The third-order valence-electron chi connectivity index (χ3n) is 7.83. The minimum atomic E-state index is -0.802. The zero-order valence-electron chi connectivity index (χ0n) is 25.8. The highest BCUT2D eigenvalue weighted by Crippen LogP contribution is 2.41. The third-order valence-corrected chi connectivity index (χ3v) is 9.34. The highest BCUT2D eigenvalue weighted by atomic mass is 79.9. The topological polar surface area (TPSA) is 79.1 Å². The highest BCUT2D eigenvalue weighted by molar-refractivity contribution is 9.10. The van der Waals surface area contributed by atoms with Gasteiger partial charge in [-0.05, 0) is 60.0 Å². The number of nitrogens with zero attached hydrogens (tertiary/aromatic N) is 2. The summed E-state index contributed by atoms with van der Waals surface area (Å²) in [5.74, 6) is 0.738. The highest BCUT2D eigenvalue weighted by Gasteiger charge is 2.37. The number of benzene rings is 4. The minimum Gasteiger partial charge on any atom is -0.496 e. The summed E-state index contributed by atoms with van der Waals surface area (Å²) in [6, 6.07) is 26.6. The molecule has 0 fully saturated rings. The molecule has 0 radical (unpaired) electrons. The van der Waals surface area contributed by atoms with Crippen LogP contribution in [0.1, 0.15) is 49.4 Å². The number of fused-ring (bicyclic) bond motifs is 2. The SMILES string of the molecule is CCCC1=C(C(=O)OCC)[C@@H](c2c(OC)ccc3ccccc23)n2c(s/c(=C\c3ccccc3OCc3ccc(Br)cc3)c2=O)=N1. The first-order valence-corrected chi connectivity index (χ1v) is 16.8. The Morgan fingerprint density at radius 1 is 0.978 bits per heavy atom. The quantitative estimate of drug-likeness (QED) is 0.146. The zero-order chi connectivity index (χ0) is 32.2. The molecule has 4 aromatic carbocycles. The first-order valence-electron chi connectivity index (χ1n) is 15.2. The molecule has 1 aromatic heterocycles. The fourth-order valence-corrected chi connectivity index (χ4v) is 7.02. The molecule has 1 aliphatic rings. The van der Waals surface area contributed by atoms with Gasteiger partial charge in [-0.15, -0.1) is 0 Å². The summed E-state index contributed by atoms with van der Waals surface area (Å²) in [6.07, 6.45) is 3.15. The summed E-state index contributed by atoms with van der Waals surface area (Å²) < 4.78 is 20.8. The number of rotatable bonds is 10. The van der Waals surface area contributed by atoms with Gasteiger partial charge in [-0.25, -0.2) is 9.79 Å². The Balaban J connectivity index is 1.55. The van der Waals surface area contributed by atoms with Crippen molar-refractivity contribution in [3.8, 4) is 11.5 Å². The van der Waals surface area contributed by atoms with E-state index in [1.165, 1.54) is 11.3 Å². The van der Waals surface area contributed by atoms with Crippen LogP contribution in [0.25, 0.3) is 16.8 Å². The van der Waals surface area contributed by atoms with Crippen molar-refractivity contribution in [3.63, 3.8) is 0 Å². The van der Waals surface area contributed by atoms with Crippen LogP contribution in [-0.2, 0) is 16.1 Å². The van der Waals surface area contributed by atoms with Crippen LogP contribution in [-0.4, -0.2) is 24.3 Å². The van der Waals surface area contributed by atoms with Crippen molar-refractivity contribution < 1.29 is 19.0 Å². The van der Waals surface area contributed by atoms with E-state index in [0.717, 1.165) is 38.4 Å². The second kappa shape index (κ2) is 13.9. The summed E-state index contributed by atoms with van der Waals surface area (Å²) in [5.41, 5.74) is 3.23. The zero-order valence-corrected chi connectivity index (χ0v) is 28.2. The van der Waals surface area contributed by atoms with E-state index in [4.69, 9.17) is 19.2 Å². The second-order valence-electron chi connectivity index (χ2n) is 10.8. The van der Waals surface area contributed by atoms with Crippen molar-refractivity contribution in [1.29, 1.82) is 0 Å². The maximum absolute atomic E-state index is 14.5. The first-order chi connectivity index (χ1) is 22.4. The Kier molecular flexibility index (Phi) is 9.51. The number of allylic oxidation sites excluding steroid dienone is 1. The average Bonchev–Trinajstić information content (AvgIpc) is 3.38. The van der Waals surface area contributed by atoms with Gasteiger partial charge in [0.1, 0.15) is 24.1 Å². The number of halogens is 1. The van der Waals surface area contributed by atoms with Crippen molar-refractivity contribution in [2.24, 2.45) is 4.99 Å². The Bertz CT molecular complexity index is 2130. The Morgan fingerprint density at radius 2 is 1.74 bits per heavy atom. The fraction of sp³-hybridized carbons (Fsp3) is 0.216. The largest absolute Gasteiger partial charge is 0.496 e. The maximum Gasteiger partial charge on any atom is 0.338 e. The maximum atomic E-state index is 14.5. The van der Waals surface area contributed by atoms with Crippen molar-refractivity contribution in [1.82, 2.24) is 4.57 Å². The van der Waals surface area contributed by atoms with Gasteiger partial charge in [-0.3, -0.25) is 9.36 Å². The number of ether oxygens (including phenoxy) is 3.